The molecule has 3 aromatic rings. The first kappa shape index (κ1) is 22.0. The number of nitrogens with zero attached hydrogens (tertiary/aromatic N) is 4. The van der Waals surface area contributed by atoms with E-state index in [0.29, 0.717) is 23.7 Å². The van der Waals surface area contributed by atoms with Crippen molar-refractivity contribution in [2.75, 3.05) is 17.2 Å². The summed E-state index contributed by atoms with van der Waals surface area (Å²) in [6, 6.07) is 6.69. The van der Waals surface area contributed by atoms with Crippen molar-refractivity contribution in [3.8, 4) is 0 Å². The Kier molecular flexibility index (Phi) is 6.38. The number of carbonyl (C=O) groups excluding carboxylic acids is 1. The Morgan fingerprint density at radius 2 is 1.81 bits per heavy atom. The molecule has 2 aromatic heterocycles. The van der Waals surface area contributed by atoms with E-state index in [2.05, 4.69) is 10.1 Å². The summed E-state index contributed by atoms with van der Waals surface area (Å²) in [6.07, 6.45) is 1.51. The average Bonchev–Trinajstić information content (AvgIpc) is 2.76. The summed E-state index contributed by atoms with van der Waals surface area (Å²) in [5.74, 6) is -0.663. The van der Waals surface area contributed by atoms with Crippen LogP contribution in [0.15, 0.2) is 38.6 Å². The zero-order valence-electron chi connectivity index (χ0n) is 17.8. The van der Waals surface area contributed by atoms with Gasteiger partial charge in [-0.15, -0.1) is 0 Å². The Morgan fingerprint density at radius 1 is 1.13 bits per heavy atom. The molecule has 0 fully saturated rings. The van der Waals surface area contributed by atoms with Gasteiger partial charge in [0.05, 0.1) is 5.39 Å². The van der Waals surface area contributed by atoms with Crippen LogP contribution in [-0.4, -0.2) is 31.8 Å². The Balaban J connectivity index is 2.23. The van der Waals surface area contributed by atoms with Gasteiger partial charge in [0.2, 0.25) is 0 Å². The maximum atomic E-state index is 13.5. The zero-order chi connectivity index (χ0) is 22.7. The van der Waals surface area contributed by atoms with Gasteiger partial charge >= 0.3 is 5.69 Å². The van der Waals surface area contributed by atoms with E-state index < -0.39 is 17.2 Å². The molecule has 0 unspecified atom stereocenters. The van der Waals surface area contributed by atoms with E-state index in [1.54, 1.807) is 38.1 Å². The number of rotatable bonds is 7. The lowest BCUT2D eigenvalue weighted by molar-refractivity contribution is 0.0982. The molecule has 0 spiro atoms. The van der Waals surface area contributed by atoms with Crippen LogP contribution in [0.1, 0.15) is 44.1 Å². The highest BCUT2D eigenvalue weighted by Gasteiger charge is 2.27. The van der Waals surface area contributed by atoms with Crippen LogP contribution in [0.3, 0.4) is 0 Å². The van der Waals surface area contributed by atoms with Crippen molar-refractivity contribution < 1.29 is 4.79 Å². The van der Waals surface area contributed by atoms with E-state index in [0.717, 1.165) is 6.42 Å². The molecular formula is C21H26N6O4. The van der Waals surface area contributed by atoms with E-state index in [1.165, 1.54) is 14.1 Å². The molecule has 0 aliphatic heterocycles. The lowest BCUT2D eigenvalue weighted by atomic mass is 10.1. The second kappa shape index (κ2) is 8.99. The third-order valence-electron chi connectivity index (χ3n) is 5.15. The summed E-state index contributed by atoms with van der Waals surface area (Å²) < 4.78 is 2.47. The maximum absolute atomic E-state index is 13.5. The average molecular weight is 426 g/mol. The summed E-state index contributed by atoms with van der Waals surface area (Å²) in [7, 11) is 0. The van der Waals surface area contributed by atoms with Crippen LogP contribution >= 0.6 is 0 Å². The number of nitrogens with two attached hydrogens (primary N) is 1. The van der Waals surface area contributed by atoms with E-state index in [1.807, 2.05) is 6.92 Å². The number of carbonyl (C=O) groups is 1. The summed E-state index contributed by atoms with van der Waals surface area (Å²) in [6.45, 7) is 6.12. The minimum absolute atomic E-state index is 0.0315. The van der Waals surface area contributed by atoms with Crippen LogP contribution in [0.5, 0.6) is 0 Å². The molecule has 0 radical (unpaired) electrons. The number of amides is 1. The van der Waals surface area contributed by atoms with E-state index in [4.69, 9.17) is 5.73 Å². The molecule has 0 aliphatic rings. The van der Waals surface area contributed by atoms with Crippen molar-refractivity contribution in [1.82, 2.24) is 19.3 Å². The lowest BCUT2D eigenvalue weighted by Gasteiger charge is -2.23. The number of aromatic amines is 1. The van der Waals surface area contributed by atoms with Gasteiger partial charge < -0.3 is 5.73 Å². The van der Waals surface area contributed by atoms with Gasteiger partial charge in [-0.1, -0.05) is 31.5 Å². The van der Waals surface area contributed by atoms with Gasteiger partial charge in [-0.05, 0) is 26.3 Å². The van der Waals surface area contributed by atoms with Gasteiger partial charge in [-0.25, -0.2) is 9.48 Å². The molecule has 0 saturated heterocycles. The van der Waals surface area contributed by atoms with Crippen LogP contribution in [-0.2, 0) is 13.1 Å². The SMILES string of the molecule is CCCCn1c(N)c(N(CC)C(=O)c2nn(CC)c(=O)c3ccccc23)c(=O)[nH]c1=O. The van der Waals surface area contributed by atoms with Crippen molar-refractivity contribution in [1.29, 1.82) is 0 Å². The predicted molar refractivity (Wildman–Crippen MR) is 120 cm³/mol. The molecule has 2 heterocycles. The quantitative estimate of drug-likeness (QED) is 0.585. The molecule has 3 N–H and O–H groups in total. The second-order valence-electron chi connectivity index (χ2n) is 7.06. The summed E-state index contributed by atoms with van der Waals surface area (Å²) in [5.41, 5.74) is 4.43. The lowest BCUT2D eigenvalue weighted by Crippen LogP contribution is -2.42. The smallest absolute Gasteiger partial charge is 0.330 e. The van der Waals surface area contributed by atoms with Gasteiger partial charge in [0.15, 0.2) is 11.4 Å². The minimum atomic E-state index is -0.751. The standard InChI is InChI=1S/C21H26N6O4/c1-4-7-12-26-17(22)16(18(28)23-21(26)31)25(5-2)20(30)15-13-10-8-9-11-14(13)19(29)27(6-3)24-15/h8-11H,4-7,12,22H2,1-3H3,(H,23,28,31). The number of aromatic nitrogens is 4. The van der Waals surface area contributed by atoms with Gasteiger partial charge in [-0.3, -0.25) is 28.8 Å². The molecular weight excluding hydrogens is 400 g/mol. The number of aryl methyl sites for hydroxylation is 1. The third-order valence-corrected chi connectivity index (χ3v) is 5.15. The molecule has 0 aliphatic carbocycles. The fourth-order valence-electron chi connectivity index (χ4n) is 3.51. The third kappa shape index (κ3) is 3.88. The first-order chi connectivity index (χ1) is 14.8. The number of H-pyrrole nitrogens is 1. The van der Waals surface area contributed by atoms with Crippen molar-refractivity contribution in [3.05, 3.63) is 61.2 Å². The van der Waals surface area contributed by atoms with Crippen molar-refractivity contribution in [2.24, 2.45) is 0 Å². The van der Waals surface area contributed by atoms with E-state index >= 15 is 0 Å². The fraction of sp³-hybridized carbons (Fsp3) is 0.381. The molecule has 1 aromatic carbocycles. The second-order valence-corrected chi connectivity index (χ2v) is 7.06. The van der Waals surface area contributed by atoms with Gasteiger partial charge in [0, 0.05) is 25.0 Å². The first-order valence-corrected chi connectivity index (χ1v) is 10.3. The Morgan fingerprint density at radius 3 is 2.42 bits per heavy atom. The van der Waals surface area contributed by atoms with Crippen molar-refractivity contribution in [3.63, 3.8) is 0 Å². The Bertz CT molecular complexity index is 1300. The highest BCUT2D eigenvalue weighted by molar-refractivity contribution is 6.13. The van der Waals surface area contributed by atoms with Gasteiger partial charge in [0.1, 0.15) is 5.82 Å². The normalized spacial score (nSPS) is 11.1. The Hall–Kier alpha value is -3.69. The van der Waals surface area contributed by atoms with E-state index in [9.17, 15) is 19.2 Å². The molecule has 0 saturated carbocycles. The minimum Gasteiger partial charge on any atom is -0.383 e. The predicted octanol–water partition coefficient (Wildman–Crippen LogP) is 1.32. The Labute approximate surface area is 177 Å². The molecule has 0 atom stereocenters. The van der Waals surface area contributed by atoms with Gasteiger partial charge in [0.25, 0.3) is 17.0 Å². The number of fused-ring (bicyclic) bond motifs is 1. The molecule has 164 valence electrons. The number of nitrogens with one attached hydrogen (secondary N) is 1. The van der Waals surface area contributed by atoms with Gasteiger partial charge in [-0.2, -0.15) is 5.10 Å². The molecule has 0 bridgehead atoms. The number of hydrogen-bond acceptors (Lipinski definition) is 6. The summed E-state index contributed by atoms with van der Waals surface area (Å²) in [4.78, 5) is 54.5. The van der Waals surface area contributed by atoms with Crippen molar-refractivity contribution >= 4 is 28.2 Å². The van der Waals surface area contributed by atoms with Crippen LogP contribution in [0.25, 0.3) is 10.8 Å². The summed E-state index contributed by atoms with van der Waals surface area (Å²) >= 11 is 0. The first-order valence-electron chi connectivity index (χ1n) is 10.3. The number of hydrogen-bond donors (Lipinski definition) is 2. The number of nitrogen functional groups attached to an aromatic ring is 1. The number of benzene rings is 1. The monoisotopic (exact) mass is 426 g/mol. The zero-order valence-corrected chi connectivity index (χ0v) is 17.8. The number of anilines is 2. The molecule has 1 amide bonds. The molecule has 10 heteroatoms. The maximum Gasteiger partial charge on any atom is 0.330 e. The molecule has 10 nitrogen and oxygen atoms in total. The van der Waals surface area contributed by atoms with Crippen LogP contribution in [0.4, 0.5) is 11.5 Å². The van der Waals surface area contributed by atoms with E-state index in [-0.39, 0.29) is 35.8 Å². The number of unbranched alkanes of at least 4 members (excludes halogenated alkanes) is 1. The summed E-state index contributed by atoms with van der Waals surface area (Å²) in [5, 5.41) is 4.99. The fourth-order valence-corrected chi connectivity index (χ4v) is 3.51. The van der Waals surface area contributed by atoms with Crippen LogP contribution in [0.2, 0.25) is 0 Å². The highest BCUT2D eigenvalue weighted by Crippen LogP contribution is 2.22. The topological polar surface area (TPSA) is 136 Å². The van der Waals surface area contributed by atoms with Crippen LogP contribution < -0.4 is 27.4 Å². The van der Waals surface area contributed by atoms with Crippen LogP contribution in [0, 0.1) is 0 Å². The largest absolute Gasteiger partial charge is 0.383 e. The highest BCUT2D eigenvalue weighted by atomic mass is 16.2. The molecule has 3 rings (SSSR count). The molecule has 31 heavy (non-hydrogen) atoms. The van der Waals surface area contributed by atoms with Crippen molar-refractivity contribution in [2.45, 2.75) is 46.7 Å².